The molecule has 3 aromatic rings. The van der Waals surface area contributed by atoms with Crippen LogP contribution >= 0.6 is 0 Å². The Labute approximate surface area is 223 Å². The quantitative estimate of drug-likeness (QED) is 0.316. The Balaban J connectivity index is 1.51. The molecule has 13 heteroatoms. The van der Waals surface area contributed by atoms with Crippen LogP contribution in [-0.4, -0.2) is 67.2 Å². The molecule has 1 saturated carbocycles. The van der Waals surface area contributed by atoms with Gasteiger partial charge in [0.05, 0.1) is 30.1 Å². The average Bonchev–Trinajstić information content (AvgIpc) is 3.64. The van der Waals surface area contributed by atoms with E-state index in [4.69, 9.17) is 5.11 Å². The lowest BCUT2D eigenvalue weighted by molar-refractivity contribution is -0.123. The Kier molecular flexibility index (Phi) is 8.37. The average molecular weight is 540 g/mol. The van der Waals surface area contributed by atoms with E-state index < -0.39 is 29.4 Å². The van der Waals surface area contributed by atoms with Crippen molar-refractivity contribution in [3.8, 4) is 0 Å². The van der Waals surface area contributed by atoms with Gasteiger partial charge in [0, 0.05) is 26.7 Å². The van der Waals surface area contributed by atoms with Crippen LogP contribution < -0.4 is 16.2 Å². The van der Waals surface area contributed by atoms with Gasteiger partial charge in [0.25, 0.3) is 5.56 Å². The smallest absolute Gasteiger partial charge is 0.405 e. The minimum Gasteiger partial charge on any atom is -0.465 e. The van der Waals surface area contributed by atoms with Crippen LogP contribution in [0, 0.1) is 11.7 Å². The number of carbonyl (C=O) groups excluding carboxylic acids is 2. The van der Waals surface area contributed by atoms with E-state index in [1.54, 1.807) is 26.2 Å². The van der Waals surface area contributed by atoms with Crippen LogP contribution in [-0.2, 0) is 22.7 Å². The summed E-state index contributed by atoms with van der Waals surface area (Å²) in [6.07, 6.45) is 6.47. The van der Waals surface area contributed by atoms with Crippen LogP contribution in [0.2, 0.25) is 0 Å². The van der Waals surface area contributed by atoms with Gasteiger partial charge in [-0.1, -0.05) is 6.08 Å². The Hall–Kier alpha value is -4.55. The van der Waals surface area contributed by atoms with E-state index in [2.05, 4.69) is 20.6 Å². The largest absolute Gasteiger partial charge is 0.465 e. The molecule has 0 spiro atoms. The fourth-order valence-corrected chi connectivity index (χ4v) is 4.07. The SMILES string of the molecule is CN(C)C(=O)/C=C/CCC(NC(=O)O)C(=O)Nc1cncn(Cc2nc3cc(F)ccc3n2CC2CC2)c1=O. The monoisotopic (exact) mass is 539 g/mol. The van der Waals surface area contributed by atoms with Gasteiger partial charge in [-0.05, 0) is 49.8 Å². The van der Waals surface area contributed by atoms with Gasteiger partial charge in [0.2, 0.25) is 11.8 Å². The Morgan fingerprint density at radius 2 is 2.05 bits per heavy atom. The molecule has 1 unspecified atom stereocenters. The van der Waals surface area contributed by atoms with Crippen molar-refractivity contribution in [3.63, 3.8) is 0 Å². The molecule has 1 atom stereocenters. The van der Waals surface area contributed by atoms with E-state index in [0.29, 0.717) is 23.8 Å². The van der Waals surface area contributed by atoms with Crippen LogP contribution in [0.15, 0.2) is 47.7 Å². The number of hydrogen-bond donors (Lipinski definition) is 3. The lowest BCUT2D eigenvalue weighted by atomic mass is 10.1. The maximum Gasteiger partial charge on any atom is 0.405 e. The summed E-state index contributed by atoms with van der Waals surface area (Å²) in [7, 11) is 3.19. The highest BCUT2D eigenvalue weighted by Crippen LogP contribution is 2.32. The Morgan fingerprint density at radius 1 is 1.28 bits per heavy atom. The number of benzene rings is 1. The molecule has 3 amide bonds. The van der Waals surface area contributed by atoms with E-state index in [1.807, 2.05) is 4.57 Å². The highest BCUT2D eigenvalue weighted by atomic mass is 19.1. The molecule has 3 N–H and O–H groups in total. The van der Waals surface area contributed by atoms with Crippen LogP contribution in [0.1, 0.15) is 31.5 Å². The van der Waals surface area contributed by atoms with Crippen molar-refractivity contribution in [2.24, 2.45) is 5.92 Å². The van der Waals surface area contributed by atoms with Crippen LogP contribution in [0.25, 0.3) is 11.0 Å². The normalized spacial score (nSPS) is 13.9. The number of imidazole rings is 1. The third-order valence-corrected chi connectivity index (χ3v) is 6.34. The molecule has 0 saturated heterocycles. The summed E-state index contributed by atoms with van der Waals surface area (Å²) in [6.45, 7) is 0.743. The van der Waals surface area contributed by atoms with Crippen LogP contribution in [0.5, 0.6) is 0 Å². The van der Waals surface area contributed by atoms with E-state index in [1.165, 1.54) is 40.2 Å². The molecule has 1 fully saturated rings. The number of nitrogens with one attached hydrogen (secondary N) is 2. The van der Waals surface area contributed by atoms with Crippen molar-refractivity contribution in [1.29, 1.82) is 0 Å². The third-order valence-electron chi connectivity index (χ3n) is 6.34. The van der Waals surface area contributed by atoms with Crippen molar-refractivity contribution in [2.45, 2.75) is 44.8 Å². The minimum atomic E-state index is -1.40. The lowest BCUT2D eigenvalue weighted by Gasteiger charge is -2.16. The van der Waals surface area contributed by atoms with Crippen molar-refractivity contribution in [1.82, 2.24) is 29.3 Å². The number of likely N-dealkylation sites (N-methyl/N-ethyl adjacent to an activating group) is 1. The predicted molar refractivity (Wildman–Crippen MR) is 141 cm³/mol. The van der Waals surface area contributed by atoms with Gasteiger partial charge in [-0.15, -0.1) is 0 Å². The third kappa shape index (κ3) is 7.06. The summed E-state index contributed by atoms with van der Waals surface area (Å²) >= 11 is 0. The maximum absolute atomic E-state index is 13.8. The van der Waals surface area contributed by atoms with Gasteiger partial charge in [-0.2, -0.15) is 0 Å². The summed E-state index contributed by atoms with van der Waals surface area (Å²) in [5, 5.41) is 13.8. The second-order valence-corrected chi connectivity index (χ2v) is 9.66. The first-order valence-electron chi connectivity index (χ1n) is 12.5. The molecular weight excluding hydrogens is 509 g/mol. The van der Waals surface area contributed by atoms with Gasteiger partial charge in [-0.3, -0.25) is 19.0 Å². The zero-order chi connectivity index (χ0) is 28.1. The number of hydrogen-bond acceptors (Lipinski definition) is 6. The van der Waals surface area contributed by atoms with Gasteiger partial charge >= 0.3 is 6.09 Å². The highest BCUT2D eigenvalue weighted by Gasteiger charge is 2.25. The summed E-state index contributed by atoms with van der Waals surface area (Å²) in [4.78, 5) is 59.0. The molecule has 1 aliphatic carbocycles. The summed E-state index contributed by atoms with van der Waals surface area (Å²) in [5.41, 5.74) is 0.571. The maximum atomic E-state index is 13.8. The first-order valence-corrected chi connectivity index (χ1v) is 12.5. The summed E-state index contributed by atoms with van der Waals surface area (Å²) in [5.74, 6) is -0.328. The predicted octanol–water partition coefficient (Wildman–Crippen LogP) is 2.19. The molecular formula is C26H30FN7O5. The van der Waals surface area contributed by atoms with Crippen molar-refractivity contribution in [2.75, 3.05) is 19.4 Å². The number of anilines is 1. The zero-order valence-electron chi connectivity index (χ0n) is 21.6. The van der Waals surface area contributed by atoms with E-state index in [9.17, 15) is 23.6 Å². The standard InChI is InChI=1S/C26H30FN7O5/c1-32(2)23(35)6-4-3-5-18(31-26(38)39)24(36)30-20-12-28-15-33(25(20)37)14-22-29-19-11-17(27)9-10-21(19)34(22)13-16-7-8-16/h4,6,9-12,15-16,18,31H,3,5,7-8,13-14H2,1-2H3,(H,30,36)(H,38,39)/b6-4+. The number of nitrogens with zero attached hydrogens (tertiary/aromatic N) is 5. The van der Waals surface area contributed by atoms with Crippen LogP contribution in [0.3, 0.4) is 0 Å². The number of halogens is 1. The summed E-state index contributed by atoms with van der Waals surface area (Å²) < 4.78 is 17.1. The number of allylic oxidation sites excluding steroid dienone is 1. The Morgan fingerprint density at radius 3 is 2.74 bits per heavy atom. The fraction of sp³-hybridized carbons (Fsp3) is 0.385. The van der Waals surface area contributed by atoms with Gasteiger partial charge in [-0.25, -0.2) is 19.2 Å². The Bertz CT molecular complexity index is 1480. The van der Waals surface area contributed by atoms with Gasteiger partial charge in [0.1, 0.15) is 23.4 Å². The van der Waals surface area contributed by atoms with E-state index in [-0.39, 0.29) is 31.0 Å². The van der Waals surface area contributed by atoms with Gasteiger partial charge in [0.15, 0.2) is 0 Å². The second-order valence-electron chi connectivity index (χ2n) is 9.66. The first kappa shape index (κ1) is 27.5. The molecule has 0 bridgehead atoms. The molecule has 206 valence electrons. The number of fused-ring (bicyclic) bond motifs is 1. The molecule has 0 aliphatic heterocycles. The second kappa shape index (κ2) is 11.9. The number of carboxylic acid groups (broad SMARTS) is 1. The van der Waals surface area contributed by atoms with Crippen molar-refractivity contribution in [3.05, 3.63) is 64.9 Å². The van der Waals surface area contributed by atoms with Crippen LogP contribution in [0.4, 0.5) is 14.9 Å². The summed E-state index contributed by atoms with van der Waals surface area (Å²) in [6, 6.07) is 3.22. The number of amides is 3. The fourth-order valence-electron chi connectivity index (χ4n) is 4.07. The topological polar surface area (TPSA) is 151 Å². The van der Waals surface area contributed by atoms with Gasteiger partial charge < -0.3 is 25.2 Å². The molecule has 4 rings (SSSR count). The van der Waals surface area contributed by atoms with E-state index >= 15 is 0 Å². The molecule has 1 aliphatic rings. The number of aromatic nitrogens is 4. The number of carbonyl (C=O) groups is 3. The highest BCUT2D eigenvalue weighted by molar-refractivity contribution is 5.96. The van der Waals surface area contributed by atoms with E-state index in [0.717, 1.165) is 18.4 Å². The molecule has 39 heavy (non-hydrogen) atoms. The minimum absolute atomic E-state index is 0.0417. The number of rotatable bonds is 11. The van der Waals surface area contributed by atoms with Crippen molar-refractivity contribution >= 4 is 34.6 Å². The van der Waals surface area contributed by atoms with Crippen molar-refractivity contribution < 1.29 is 23.9 Å². The molecule has 2 heterocycles. The lowest BCUT2D eigenvalue weighted by Crippen LogP contribution is -2.44. The molecule has 1 aromatic carbocycles. The molecule has 0 radical (unpaired) electrons. The molecule has 2 aromatic heterocycles. The molecule has 12 nitrogen and oxygen atoms in total. The zero-order valence-corrected chi connectivity index (χ0v) is 21.6. The first-order chi connectivity index (χ1) is 18.6.